The second-order valence-corrected chi connectivity index (χ2v) is 7.63. The molecule has 1 aromatic rings. The third-order valence-electron chi connectivity index (χ3n) is 4.88. The summed E-state index contributed by atoms with van der Waals surface area (Å²) in [5.41, 5.74) is 7.43. The first-order valence-electron chi connectivity index (χ1n) is 7.91. The van der Waals surface area contributed by atoms with E-state index in [2.05, 4.69) is 20.8 Å². The van der Waals surface area contributed by atoms with Crippen LogP contribution in [-0.4, -0.2) is 12.0 Å². The van der Waals surface area contributed by atoms with E-state index < -0.39 is 0 Å². The summed E-state index contributed by atoms with van der Waals surface area (Å²) in [6.45, 7) is 6.74. The van der Waals surface area contributed by atoms with Crippen LogP contribution in [0.15, 0.2) is 23.1 Å². The van der Waals surface area contributed by atoms with Gasteiger partial charge in [0.05, 0.1) is 0 Å². The molecule has 1 aliphatic carbocycles. The molecule has 0 heterocycles. The van der Waals surface area contributed by atoms with Gasteiger partial charge in [-0.15, -0.1) is 11.8 Å². The Balaban J connectivity index is 2.32. The Morgan fingerprint density at radius 2 is 2.05 bits per heavy atom. The molecule has 1 aliphatic rings. The highest BCUT2D eigenvalue weighted by Crippen LogP contribution is 2.40. The zero-order valence-electron chi connectivity index (χ0n) is 13.6. The molecule has 3 heteroatoms. The van der Waals surface area contributed by atoms with Gasteiger partial charge in [0, 0.05) is 22.1 Å². The average molecular weight is 305 g/mol. The minimum Gasteiger partial charge on any atom is -0.398 e. The minimum atomic E-state index is 0.133. The van der Waals surface area contributed by atoms with Gasteiger partial charge in [0.15, 0.2) is 5.78 Å². The second-order valence-electron chi connectivity index (χ2n) is 6.75. The number of hydrogen-bond acceptors (Lipinski definition) is 3. The van der Waals surface area contributed by atoms with Crippen LogP contribution in [0.2, 0.25) is 0 Å². The number of benzene rings is 1. The molecule has 2 rings (SSSR count). The molecule has 0 spiro atoms. The van der Waals surface area contributed by atoms with E-state index in [0.29, 0.717) is 23.4 Å². The largest absolute Gasteiger partial charge is 0.398 e. The maximum absolute atomic E-state index is 13.1. The SMILES string of the molecule is CSc1ccc(N)c(C(=O)C2CC(C)CCC2C(C)C)c1. The lowest BCUT2D eigenvalue weighted by molar-refractivity contribution is 0.0724. The van der Waals surface area contributed by atoms with E-state index in [1.807, 2.05) is 24.5 Å². The van der Waals surface area contributed by atoms with E-state index in [4.69, 9.17) is 5.73 Å². The summed E-state index contributed by atoms with van der Waals surface area (Å²) in [4.78, 5) is 14.2. The van der Waals surface area contributed by atoms with E-state index in [9.17, 15) is 4.79 Å². The van der Waals surface area contributed by atoms with Crippen LogP contribution in [0.25, 0.3) is 0 Å². The van der Waals surface area contributed by atoms with Crippen LogP contribution < -0.4 is 5.73 Å². The highest BCUT2D eigenvalue weighted by Gasteiger charge is 2.36. The van der Waals surface area contributed by atoms with Crippen molar-refractivity contribution in [1.29, 1.82) is 0 Å². The highest BCUT2D eigenvalue weighted by molar-refractivity contribution is 7.98. The van der Waals surface area contributed by atoms with E-state index in [1.54, 1.807) is 11.8 Å². The number of ketones is 1. The number of rotatable bonds is 4. The number of Topliss-reactive ketones (excluding diaryl/α,β-unsaturated/α-hetero) is 1. The van der Waals surface area contributed by atoms with E-state index >= 15 is 0 Å². The standard InChI is InChI=1S/C18H27NOS/c1-11(2)14-7-5-12(3)9-15(14)18(20)16-10-13(21-4)6-8-17(16)19/h6,8,10-12,14-15H,5,7,9,19H2,1-4H3. The van der Waals surface area contributed by atoms with Crippen LogP contribution >= 0.6 is 11.8 Å². The molecule has 116 valence electrons. The molecule has 0 amide bonds. The molecular formula is C18H27NOS. The Morgan fingerprint density at radius 1 is 1.33 bits per heavy atom. The fourth-order valence-electron chi connectivity index (χ4n) is 3.58. The molecule has 0 bridgehead atoms. The molecule has 2 nitrogen and oxygen atoms in total. The molecule has 2 N–H and O–H groups in total. The molecule has 21 heavy (non-hydrogen) atoms. The fraction of sp³-hybridized carbons (Fsp3) is 0.611. The highest BCUT2D eigenvalue weighted by atomic mass is 32.2. The first-order valence-corrected chi connectivity index (χ1v) is 9.14. The van der Waals surface area contributed by atoms with Crippen LogP contribution in [0, 0.1) is 23.7 Å². The summed E-state index contributed by atoms with van der Waals surface area (Å²) in [5, 5.41) is 0. The Bertz CT molecular complexity index is 512. The summed E-state index contributed by atoms with van der Waals surface area (Å²) in [6.07, 6.45) is 5.44. The van der Waals surface area contributed by atoms with Gasteiger partial charge in [0.1, 0.15) is 0 Å². The lowest BCUT2D eigenvalue weighted by atomic mass is 9.67. The summed E-state index contributed by atoms with van der Waals surface area (Å²) in [5.74, 6) is 2.07. The van der Waals surface area contributed by atoms with Crippen molar-refractivity contribution in [2.75, 3.05) is 12.0 Å². The van der Waals surface area contributed by atoms with Crippen LogP contribution in [0.3, 0.4) is 0 Å². The third-order valence-corrected chi connectivity index (χ3v) is 5.61. The number of nitrogens with two attached hydrogens (primary N) is 1. The molecular weight excluding hydrogens is 278 g/mol. The topological polar surface area (TPSA) is 43.1 Å². The van der Waals surface area contributed by atoms with Crippen molar-refractivity contribution in [3.05, 3.63) is 23.8 Å². The van der Waals surface area contributed by atoms with E-state index in [1.165, 1.54) is 6.42 Å². The predicted molar refractivity (Wildman–Crippen MR) is 91.8 cm³/mol. The first kappa shape index (κ1) is 16.4. The van der Waals surface area contributed by atoms with Crippen molar-refractivity contribution in [1.82, 2.24) is 0 Å². The maximum atomic E-state index is 13.1. The van der Waals surface area contributed by atoms with Crippen LogP contribution in [0.1, 0.15) is 50.4 Å². The lowest BCUT2D eigenvalue weighted by Crippen LogP contribution is -2.33. The molecule has 1 fully saturated rings. The molecule has 0 aliphatic heterocycles. The molecule has 0 radical (unpaired) electrons. The first-order chi connectivity index (χ1) is 9.93. The number of thioether (sulfide) groups is 1. The van der Waals surface area contributed by atoms with Gasteiger partial charge in [-0.2, -0.15) is 0 Å². The molecule has 3 unspecified atom stereocenters. The number of carbonyl (C=O) groups is 1. The average Bonchev–Trinajstić information content (AvgIpc) is 2.46. The Labute approximate surface area is 132 Å². The van der Waals surface area contributed by atoms with E-state index in [-0.39, 0.29) is 11.7 Å². The Kier molecular flexibility index (Phi) is 5.37. The Hall–Kier alpha value is -0.960. The van der Waals surface area contributed by atoms with Gasteiger partial charge in [-0.3, -0.25) is 4.79 Å². The van der Waals surface area contributed by atoms with Crippen LogP contribution in [0.4, 0.5) is 5.69 Å². The van der Waals surface area contributed by atoms with Crippen molar-refractivity contribution >= 4 is 23.2 Å². The van der Waals surface area contributed by atoms with Gasteiger partial charge >= 0.3 is 0 Å². The van der Waals surface area contributed by atoms with Crippen molar-refractivity contribution in [2.24, 2.45) is 23.7 Å². The van der Waals surface area contributed by atoms with Gasteiger partial charge in [-0.1, -0.05) is 27.2 Å². The van der Waals surface area contributed by atoms with Crippen LogP contribution in [-0.2, 0) is 0 Å². The van der Waals surface area contributed by atoms with Gasteiger partial charge in [0.25, 0.3) is 0 Å². The van der Waals surface area contributed by atoms with Gasteiger partial charge in [-0.25, -0.2) is 0 Å². The zero-order valence-corrected chi connectivity index (χ0v) is 14.4. The fourth-order valence-corrected chi connectivity index (χ4v) is 4.02. The monoisotopic (exact) mass is 305 g/mol. The van der Waals surface area contributed by atoms with Crippen LogP contribution in [0.5, 0.6) is 0 Å². The van der Waals surface area contributed by atoms with Crippen molar-refractivity contribution < 1.29 is 4.79 Å². The van der Waals surface area contributed by atoms with Gasteiger partial charge in [-0.05, 0) is 55.1 Å². The quantitative estimate of drug-likeness (QED) is 0.489. The van der Waals surface area contributed by atoms with Crippen molar-refractivity contribution in [2.45, 2.75) is 44.9 Å². The normalized spacial score (nSPS) is 26.0. The Morgan fingerprint density at radius 3 is 2.67 bits per heavy atom. The number of hydrogen-bond donors (Lipinski definition) is 1. The lowest BCUT2D eigenvalue weighted by Gasteiger charge is -2.36. The summed E-state index contributed by atoms with van der Waals surface area (Å²) < 4.78 is 0. The van der Waals surface area contributed by atoms with Gasteiger partial charge in [0.2, 0.25) is 0 Å². The van der Waals surface area contributed by atoms with E-state index in [0.717, 1.165) is 23.3 Å². The molecule has 1 aromatic carbocycles. The summed E-state index contributed by atoms with van der Waals surface area (Å²) in [7, 11) is 0. The van der Waals surface area contributed by atoms with Crippen molar-refractivity contribution in [3.8, 4) is 0 Å². The molecule has 3 atom stereocenters. The summed E-state index contributed by atoms with van der Waals surface area (Å²) in [6, 6.07) is 5.83. The maximum Gasteiger partial charge on any atom is 0.168 e. The van der Waals surface area contributed by atoms with Gasteiger partial charge < -0.3 is 5.73 Å². The predicted octanol–water partition coefficient (Wildman–Crippen LogP) is 4.88. The number of anilines is 1. The zero-order chi connectivity index (χ0) is 15.6. The third kappa shape index (κ3) is 3.63. The molecule has 1 saturated carbocycles. The molecule has 0 saturated heterocycles. The molecule has 0 aromatic heterocycles. The smallest absolute Gasteiger partial charge is 0.168 e. The number of carbonyl (C=O) groups excluding carboxylic acids is 1. The van der Waals surface area contributed by atoms with Crippen molar-refractivity contribution in [3.63, 3.8) is 0 Å². The summed E-state index contributed by atoms with van der Waals surface area (Å²) >= 11 is 1.66. The minimum absolute atomic E-state index is 0.133. The number of nitrogen functional groups attached to an aromatic ring is 1. The second kappa shape index (κ2) is 6.87.